The number of amides is 1. The molecular formula is C68H127N3O14S2. The van der Waals surface area contributed by atoms with Gasteiger partial charge in [-0.3, -0.25) is 47.9 Å². The van der Waals surface area contributed by atoms with Crippen LogP contribution in [-0.2, 0) is 66.9 Å². The van der Waals surface area contributed by atoms with Gasteiger partial charge in [-0.25, -0.2) is 0 Å². The third-order valence-corrected chi connectivity index (χ3v) is 15.5. The maximum atomic E-state index is 11.8. The minimum Gasteiger partial charge on any atom is -0.379 e. The summed E-state index contributed by atoms with van der Waals surface area (Å²) in [5.41, 5.74) is -1.40. The second-order valence-corrected chi connectivity index (χ2v) is 30.1. The average molecular weight is 1270 g/mol. The van der Waals surface area contributed by atoms with Crippen molar-refractivity contribution in [1.29, 1.82) is 0 Å². The molecule has 87 heavy (non-hydrogen) atoms. The predicted molar refractivity (Wildman–Crippen MR) is 359 cm³/mol. The van der Waals surface area contributed by atoms with Gasteiger partial charge in [0.25, 0.3) is 0 Å². The Balaban J connectivity index is -0.000000544. The van der Waals surface area contributed by atoms with E-state index in [1.807, 2.05) is 112 Å². The maximum absolute atomic E-state index is 11.8. The molecule has 17 nitrogen and oxygen atoms in total. The minimum absolute atomic E-state index is 0.0203. The van der Waals surface area contributed by atoms with Crippen LogP contribution in [0.4, 0.5) is 0 Å². The van der Waals surface area contributed by atoms with Gasteiger partial charge in [0.2, 0.25) is 5.91 Å². The van der Waals surface area contributed by atoms with E-state index in [2.05, 4.69) is 43.6 Å². The predicted octanol–water partition coefficient (Wildman–Crippen LogP) is 12.8. The van der Waals surface area contributed by atoms with Crippen LogP contribution in [-0.4, -0.2) is 154 Å². The zero-order chi connectivity index (χ0) is 67.7. The fourth-order valence-electron chi connectivity index (χ4n) is 6.84. The number of carbonyl (C=O) groups is 10. The SMILES string of the molecule is CC(C)(C)C(=O)CCCC(=O)C(C)(C)C.CC(C)(C)C(=O)CCCC(=O)CCCOCCOCCNC(=O)CC(=O)C(C)(C)C.CC(C)NCCOCCOCCCC(=O)CCC(=O)C(C)C.CC(C)NCCSSCCCC(=O)CCC(=O)C(C)C. The molecule has 0 aromatic rings. The van der Waals surface area contributed by atoms with Gasteiger partial charge in [0.05, 0.1) is 46.1 Å². The Bertz CT molecular complexity index is 1890. The molecule has 0 saturated carbocycles. The molecule has 0 saturated heterocycles. The van der Waals surface area contributed by atoms with Crippen molar-refractivity contribution in [2.24, 2.45) is 33.5 Å². The van der Waals surface area contributed by atoms with E-state index in [0.717, 1.165) is 31.0 Å². The van der Waals surface area contributed by atoms with Gasteiger partial charge in [0.1, 0.15) is 52.0 Å². The van der Waals surface area contributed by atoms with Crippen LogP contribution in [0.25, 0.3) is 0 Å². The van der Waals surface area contributed by atoms with E-state index in [-0.39, 0.29) is 92.5 Å². The number of hydrogen-bond donors (Lipinski definition) is 3. The lowest BCUT2D eigenvalue weighted by Gasteiger charge is -2.18. The molecule has 1 amide bonds. The highest BCUT2D eigenvalue weighted by Gasteiger charge is 2.25. The first kappa shape index (κ1) is 90.4. The Morgan fingerprint density at radius 2 is 0.655 bits per heavy atom. The summed E-state index contributed by atoms with van der Waals surface area (Å²) in [7, 11) is 3.69. The van der Waals surface area contributed by atoms with Crippen molar-refractivity contribution in [3.8, 4) is 0 Å². The molecule has 0 spiro atoms. The van der Waals surface area contributed by atoms with Crippen LogP contribution in [0.3, 0.4) is 0 Å². The van der Waals surface area contributed by atoms with Crippen molar-refractivity contribution in [2.45, 2.75) is 260 Å². The third-order valence-electron chi connectivity index (χ3n) is 13.0. The number of nitrogens with one attached hydrogen (secondary N) is 3. The molecule has 0 aromatic heterocycles. The maximum Gasteiger partial charge on any atom is 0.227 e. The van der Waals surface area contributed by atoms with E-state index in [1.165, 1.54) is 0 Å². The van der Waals surface area contributed by atoms with Crippen molar-refractivity contribution >= 4 is 79.5 Å². The van der Waals surface area contributed by atoms with E-state index in [0.29, 0.717) is 168 Å². The molecule has 510 valence electrons. The fraction of sp³-hybridized carbons (Fsp3) is 0.853. The molecule has 0 unspecified atom stereocenters. The normalized spacial score (nSPS) is 11.8. The van der Waals surface area contributed by atoms with Crippen LogP contribution in [0.1, 0.15) is 248 Å². The highest BCUT2D eigenvalue weighted by Crippen LogP contribution is 2.24. The Labute approximate surface area is 537 Å². The summed E-state index contributed by atoms with van der Waals surface area (Å²) in [6, 6.07) is 1.03. The van der Waals surface area contributed by atoms with Gasteiger partial charge in [0.15, 0.2) is 0 Å². The van der Waals surface area contributed by atoms with Crippen molar-refractivity contribution in [2.75, 3.05) is 84.0 Å². The molecule has 0 radical (unpaired) electrons. The van der Waals surface area contributed by atoms with Crippen molar-refractivity contribution < 1.29 is 66.9 Å². The zero-order valence-electron chi connectivity index (χ0n) is 58.6. The topological polar surface area (TPSA) is 244 Å². The lowest BCUT2D eigenvalue weighted by atomic mass is 9.85. The van der Waals surface area contributed by atoms with E-state index in [9.17, 15) is 47.9 Å². The Hall–Kier alpha value is -3.04. The first-order valence-corrected chi connectivity index (χ1v) is 34.8. The smallest absolute Gasteiger partial charge is 0.227 e. The molecule has 0 atom stereocenters. The van der Waals surface area contributed by atoms with Crippen molar-refractivity contribution in [3.63, 3.8) is 0 Å². The molecule has 0 aromatic carbocycles. The van der Waals surface area contributed by atoms with Gasteiger partial charge in [-0.2, -0.15) is 0 Å². The quantitative estimate of drug-likeness (QED) is 0.0291. The van der Waals surface area contributed by atoms with Crippen LogP contribution in [0.2, 0.25) is 0 Å². The molecule has 0 aliphatic rings. The van der Waals surface area contributed by atoms with Gasteiger partial charge in [-0.1, -0.05) is 160 Å². The van der Waals surface area contributed by atoms with Crippen LogP contribution in [0.15, 0.2) is 0 Å². The van der Waals surface area contributed by atoms with Gasteiger partial charge < -0.3 is 34.9 Å². The number of rotatable bonds is 48. The van der Waals surface area contributed by atoms with Gasteiger partial charge in [-0.05, 0) is 32.1 Å². The first-order valence-electron chi connectivity index (χ1n) is 32.3. The van der Waals surface area contributed by atoms with E-state index in [1.54, 1.807) is 20.8 Å². The average Bonchev–Trinajstić information content (AvgIpc) is 3.53. The number of ketones is 9. The molecule has 0 fully saturated rings. The summed E-state index contributed by atoms with van der Waals surface area (Å²) < 4.78 is 21.6. The Morgan fingerprint density at radius 3 is 1.03 bits per heavy atom. The number of Topliss-reactive ketones (excluding diaryl/α,β-unsaturated/α-hetero) is 9. The number of hydrogen-bond acceptors (Lipinski definition) is 18. The molecule has 0 bridgehead atoms. The van der Waals surface area contributed by atoms with Crippen molar-refractivity contribution in [3.05, 3.63) is 0 Å². The largest absolute Gasteiger partial charge is 0.379 e. The zero-order valence-corrected chi connectivity index (χ0v) is 60.2. The molecule has 3 N–H and O–H groups in total. The van der Waals surface area contributed by atoms with Crippen LogP contribution >= 0.6 is 21.6 Å². The molecule has 0 rings (SSSR count). The van der Waals surface area contributed by atoms with Crippen LogP contribution in [0.5, 0.6) is 0 Å². The molecule has 0 aliphatic carbocycles. The Kier molecular flexibility index (Phi) is 55.7. The summed E-state index contributed by atoms with van der Waals surface area (Å²) in [6.07, 6.45) is 8.56. The van der Waals surface area contributed by atoms with Crippen molar-refractivity contribution in [1.82, 2.24) is 16.0 Å². The highest BCUT2D eigenvalue weighted by molar-refractivity contribution is 8.76. The molecule has 19 heteroatoms. The van der Waals surface area contributed by atoms with Gasteiger partial charge >= 0.3 is 0 Å². The summed E-state index contributed by atoms with van der Waals surface area (Å²) >= 11 is 0. The minimum atomic E-state index is -0.513. The first-order chi connectivity index (χ1) is 40.2. The summed E-state index contributed by atoms with van der Waals surface area (Å²) in [4.78, 5) is 116. The van der Waals surface area contributed by atoms with E-state index in [4.69, 9.17) is 18.9 Å². The fourth-order valence-corrected chi connectivity index (χ4v) is 8.85. The standard InChI is InChI=1S/C23H41NO6.C17H33NO4.C15H29NO2S2.C13H24O2/c1-22(2,3)19(26)11-7-9-18(25)10-8-13-29-15-16-30-14-12-24-21(28)17-20(27)23(4,5)6;1-14(2)17(20)8-7-16(19)6-5-10-21-12-13-22-11-9-18-15(3)4;1-12(2)15(18)8-7-14(17)6-5-10-19-20-11-9-16-13(3)4;1-12(2,3)10(14)8-7-9-11(15)13(4,5)6/h7-17H2,1-6H3,(H,24,28);14-15,18H,5-13H2,1-4H3;12-13,16H,5-11H2,1-4H3;7-9H2,1-6H3. The van der Waals surface area contributed by atoms with Crippen LogP contribution < -0.4 is 16.0 Å². The Morgan fingerprint density at radius 1 is 0.333 bits per heavy atom. The highest BCUT2D eigenvalue weighted by atomic mass is 33.1. The summed E-state index contributed by atoms with van der Waals surface area (Å²) in [6.45, 7) is 44.8. The molecule has 0 aliphatic heterocycles. The van der Waals surface area contributed by atoms with E-state index < -0.39 is 5.41 Å². The van der Waals surface area contributed by atoms with Crippen LogP contribution in [0, 0.1) is 33.5 Å². The summed E-state index contributed by atoms with van der Waals surface area (Å²) in [5.74, 6) is 3.36. The summed E-state index contributed by atoms with van der Waals surface area (Å²) in [5, 5.41) is 9.30. The lowest BCUT2D eigenvalue weighted by molar-refractivity contribution is -0.133. The number of ether oxygens (including phenoxy) is 4. The number of carbonyl (C=O) groups excluding carboxylic acids is 10. The van der Waals surface area contributed by atoms with Gasteiger partial charge in [-0.15, -0.1) is 0 Å². The lowest BCUT2D eigenvalue weighted by Crippen LogP contribution is -2.32. The second kappa shape index (κ2) is 53.6. The van der Waals surface area contributed by atoms with E-state index >= 15 is 0 Å². The molecular weight excluding hydrogens is 1150 g/mol. The monoisotopic (exact) mass is 1270 g/mol. The second-order valence-electron chi connectivity index (χ2n) is 27.4. The third kappa shape index (κ3) is 64.3. The van der Waals surface area contributed by atoms with Gasteiger partial charge in [0, 0.05) is 161 Å². The molecule has 0 heterocycles.